The van der Waals surface area contributed by atoms with E-state index in [1.54, 1.807) is 32.3 Å². The first-order valence-electron chi connectivity index (χ1n) is 8.01. The number of hydrogen-bond acceptors (Lipinski definition) is 2. The number of ether oxygens (including phenoxy) is 1. The summed E-state index contributed by atoms with van der Waals surface area (Å²) in [6, 6.07) is 15.5. The Kier molecular flexibility index (Phi) is 6.94. The predicted octanol–water partition coefficient (Wildman–Crippen LogP) is 4.84. The topological polar surface area (TPSA) is 41.6 Å². The fourth-order valence-electron chi connectivity index (χ4n) is 2.19. The van der Waals surface area contributed by atoms with Gasteiger partial charge in [0.15, 0.2) is 0 Å². The van der Waals surface area contributed by atoms with Gasteiger partial charge in [0.2, 0.25) is 0 Å². The molecule has 128 valence electrons. The van der Waals surface area contributed by atoms with Crippen molar-refractivity contribution < 1.29 is 9.53 Å². The molecular weight excluding hydrogens is 324 g/mol. The molecule has 2 rings (SSSR count). The Morgan fingerprint density at radius 3 is 2.54 bits per heavy atom. The molecule has 0 fully saturated rings. The molecule has 0 aromatic heterocycles. The highest BCUT2D eigenvalue weighted by Crippen LogP contribution is 2.28. The number of halogens is 1. The molecule has 0 aliphatic heterocycles. The molecule has 2 amide bonds. The second-order valence-corrected chi connectivity index (χ2v) is 6.17. The van der Waals surface area contributed by atoms with E-state index < -0.39 is 0 Å². The van der Waals surface area contributed by atoms with Gasteiger partial charge >= 0.3 is 6.03 Å². The molecule has 0 unspecified atom stereocenters. The minimum atomic E-state index is -0.194. The summed E-state index contributed by atoms with van der Waals surface area (Å²) in [7, 11) is 3.37. The highest BCUT2D eigenvalue weighted by atomic mass is 35.5. The van der Waals surface area contributed by atoms with Crippen LogP contribution in [0.4, 0.5) is 10.5 Å². The van der Waals surface area contributed by atoms with Crippen LogP contribution in [0.3, 0.4) is 0 Å². The number of anilines is 1. The van der Waals surface area contributed by atoms with Gasteiger partial charge in [0.05, 0.1) is 11.6 Å². The number of unbranched alkanes of at least 4 members (excludes halogenated alkanes) is 1. The molecule has 0 spiro atoms. The zero-order valence-electron chi connectivity index (χ0n) is 14.1. The van der Waals surface area contributed by atoms with Gasteiger partial charge in [-0.25, -0.2) is 4.79 Å². The Balaban J connectivity index is 1.75. The number of rotatable bonds is 7. The molecule has 24 heavy (non-hydrogen) atoms. The number of urea groups is 1. The summed E-state index contributed by atoms with van der Waals surface area (Å²) in [5, 5.41) is 3.25. The first-order chi connectivity index (χ1) is 11.6. The van der Waals surface area contributed by atoms with Gasteiger partial charge in [-0.15, -0.1) is 0 Å². The van der Waals surface area contributed by atoms with Gasteiger partial charge < -0.3 is 15.0 Å². The van der Waals surface area contributed by atoms with E-state index in [0.717, 1.165) is 19.3 Å². The molecule has 0 heterocycles. The van der Waals surface area contributed by atoms with Crippen LogP contribution in [0.25, 0.3) is 0 Å². The molecular formula is C19H23ClN2O2. The van der Waals surface area contributed by atoms with E-state index in [4.69, 9.17) is 16.3 Å². The van der Waals surface area contributed by atoms with Gasteiger partial charge in [-0.1, -0.05) is 41.9 Å². The van der Waals surface area contributed by atoms with Crippen molar-refractivity contribution in [2.45, 2.75) is 19.3 Å². The largest absolute Gasteiger partial charge is 0.492 e. The van der Waals surface area contributed by atoms with E-state index in [9.17, 15) is 4.79 Å². The lowest BCUT2D eigenvalue weighted by molar-refractivity contribution is 0.230. The van der Waals surface area contributed by atoms with Crippen LogP contribution in [0.1, 0.15) is 18.4 Å². The van der Waals surface area contributed by atoms with E-state index >= 15 is 0 Å². The van der Waals surface area contributed by atoms with Crippen molar-refractivity contribution in [3.63, 3.8) is 0 Å². The molecule has 0 aliphatic carbocycles. The van der Waals surface area contributed by atoms with Crippen LogP contribution in [0.5, 0.6) is 5.75 Å². The van der Waals surface area contributed by atoms with Crippen molar-refractivity contribution >= 4 is 23.3 Å². The maximum Gasteiger partial charge on any atom is 0.321 e. The van der Waals surface area contributed by atoms with Crippen molar-refractivity contribution in [2.75, 3.05) is 26.0 Å². The summed E-state index contributed by atoms with van der Waals surface area (Å²) in [6.07, 6.45) is 3.08. The van der Waals surface area contributed by atoms with Crippen molar-refractivity contribution in [3.8, 4) is 5.75 Å². The quantitative estimate of drug-likeness (QED) is 0.729. The maximum atomic E-state index is 11.6. The third-order valence-electron chi connectivity index (χ3n) is 3.55. The highest BCUT2D eigenvalue weighted by molar-refractivity contribution is 6.32. The SMILES string of the molecule is CN(C)C(=O)Nc1ccc(OCCCCc2ccccc2)c(Cl)c1. The molecule has 0 radical (unpaired) electrons. The molecule has 0 saturated heterocycles. The number of aryl methyl sites for hydroxylation is 1. The monoisotopic (exact) mass is 346 g/mol. The summed E-state index contributed by atoms with van der Waals surface area (Å²) in [5.74, 6) is 0.638. The second-order valence-electron chi connectivity index (χ2n) is 5.76. The smallest absolute Gasteiger partial charge is 0.321 e. The van der Waals surface area contributed by atoms with E-state index in [2.05, 4.69) is 29.6 Å². The van der Waals surface area contributed by atoms with Crippen LogP contribution < -0.4 is 10.1 Å². The summed E-state index contributed by atoms with van der Waals surface area (Å²) >= 11 is 6.21. The molecule has 2 aromatic carbocycles. The third kappa shape index (κ3) is 5.78. The Labute approximate surface area is 148 Å². The van der Waals surface area contributed by atoms with Gasteiger partial charge in [0, 0.05) is 19.8 Å². The number of carbonyl (C=O) groups is 1. The van der Waals surface area contributed by atoms with E-state index in [1.807, 2.05) is 6.07 Å². The number of nitrogens with one attached hydrogen (secondary N) is 1. The van der Waals surface area contributed by atoms with Crippen molar-refractivity contribution in [1.29, 1.82) is 0 Å². The van der Waals surface area contributed by atoms with Gasteiger partial charge in [-0.3, -0.25) is 0 Å². The van der Waals surface area contributed by atoms with Crippen molar-refractivity contribution in [1.82, 2.24) is 4.90 Å². The Morgan fingerprint density at radius 1 is 1.12 bits per heavy atom. The van der Waals surface area contributed by atoms with Gasteiger partial charge in [-0.2, -0.15) is 0 Å². The normalized spacial score (nSPS) is 10.3. The standard InChI is InChI=1S/C19H23ClN2O2/c1-22(2)19(23)21-16-11-12-18(17(20)14-16)24-13-7-6-10-15-8-4-3-5-9-15/h3-5,8-9,11-12,14H,6-7,10,13H2,1-2H3,(H,21,23). The zero-order chi connectivity index (χ0) is 17.4. The summed E-state index contributed by atoms with van der Waals surface area (Å²) < 4.78 is 5.73. The molecule has 1 N–H and O–H groups in total. The van der Waals surface area contributed by atoms with E-state index in [1.165, 1.54) is 10.5 Å². The number of benzene rings is 2. The predicted molar refractivity (Wildman–Crippen MR) is 99.0 cm³/mol. The Bertz CT molecular complexity index is 660. The molecule has 0 atom stereocenters. The molecule has 0 aliphatic rings. The zero-order valence-corrected chi connectivity index (χ0v) is 14.8. The number of hydrogen-bond donors (Lipinski definition) is 1. The summed E-state index contributed by atoms with van der Waals surface area (Å²) in [4.78, 5) is 13.1. The third-order valence-corrected chi connectivity index (χ3v) is 3.84. The van der Waals surface area contributed by atoms with Gasteiger partial charge in [0.25, 0.3) is 0 Å². The molecule has 5 heteroatoms. The van der Waals surface area contributed by atoms with Crippen LogP contribution >= 0.6 is 11.6 Å². The lowest BCUT2D eigenvalue weighted by atomic mass is 10.1. The van der Waals surface area contributed by atoms with E-state index in [-0.39, 0.29) is 6.03 Å². The van der Waals surface area contributed by atoms with Crippen LogP contribution in [0.15, 0.2) is 48.5 Å². The highest BCUT2D eigenvalue weighted by Gasteiger charge is 2.07. The summed E-state index contributed by atoms with van der Waals surface area (Å²) in [6.45, 7) is 0.621. The molecule has 4 nitrogen and oxygen atoms in total. The fraction of sp³-hybridized carbons (Fsp3) is 0.316. The average Bonchev–Trinajstić information content (AvgIpc) is 2.57. The van der Waals surface area contributed by atoms with E-state index in [0.29, 0.717) is 23.1 Å². The Morgan fingerprint density at radius 2 is 1.88 bits per heavy atom. The lowest BCUT2D eigenvalue weighted by Crippen LogP contribution is -2.27. The van der Waals surface area contributed by atoms with Crippen LogP contribution in [0, 0.1) is 0 Å². The molecule has 0 saturated carbocycles. The molecule has 0 bridgehead atoms. The van der Waals surface area contributed by atoms with Gasteiger partial charge in [-0.05, 0) is 43.0 Å². The maximum absolute atomic E-state index is 11.6. The van der Waals surface area contributed by atoms with Crippen LogP contribution in [-0.2, 0) is 6.42 Å². The molecule has 2 aromatic rings. The van der Waals surface area contributed by atoms with Crippen molar-refractivity contribution in [3.05, 3.63) is 59.1 Å². The number of nitrogens with zero attached hydrogens (tertiary/aromatic N) is 1. The number of carbonyl (C=O) groups excluding carboxylic acids is 1. The van der Waals surface area contributed by atoms with Gasteiger partial charge in [0.1, 0.15) is 5.75 Å². The van der Waals surface area contributed by atoms with Crippen molar-refractivity contribution in [2.24, 2.45) is 0 Å². The first kappa shape index (κ1) is 18.1. The van der Waals surface area contributed by atoms with Crippen LogP contribution in [0.2, 0.25) is 5.02 Å². The minimum absolute atomic E-state index is 0.194. The Hall–Kier alpha value is -2.20. The minimum Gasteiger partial charge on any atom is -0.492 e. The fourth-order valence-corrected chi connectivity index (χ4v) is 2.42. The average molecular weight is 347 g/mol. The first-order valence-corrected chi connectivity index (χ1v) is 8.38. The lowest BCUT2D eigenvalue weighted by Gasteiger charge is -2.13. The summed E-state index contributed by atoms with van der Waals surface area (Å²) in [5.41, 5.74) is 1.99. The second kappa shape index (κ2) is 9.18. The van der Waals surface area contributed by atoms with Crippen LogP contribution in [-0.4, -0.2) is 31.6 Å². The number of amides is 2.